The third-order valence-corrected chi connectivity index (χ3v) is 5.03. The lowest BCUT2D eigenvalue weighted by Crippen LogP contribution is -2.05. The Morgan fingerprint density at radius 2 is 1.48 bits per heavy atom. The van der Waals surface area contributed by atoms with E-state index in [2.05, 4.69) is 10.1 Å². The first kappa shape index (κ1) is 19.0. The Bertz CT molecular complexity index is 1360. The van der Waals surface area contributed by atoms with Crippen LogP contribution in [-0.4, -0.2) is 19.3 Å². The summed E-state index contributed by atoms with van der Waals surface area (Å²) in [7, 11) is 0. The number of benzene rings is 3. The molecule has 0 radical (unpaired) electrons. The van der Waals surface area contributed by atoms with Crippen LogP contribution in [0.15, 0.2) is 85.3 Å². The van der Waals surface area contributed by atoms with Gasteiger partial charge >= 0.3 is 6.18 Å². The number of aromatic nitrogens is 4. The molecule has 31 heavy (non-hydrogen) atoms. The van der Waals surface area contributed by atoms with Crippen LogP contribution in [0.3, 0.4) is 0 Å². The summed E-state index contributed by atoms with van der Waals surface area (Å²) in [5, 5.41) is 4.28. The molecule has 0 N–H and O–H groups in total. The Morgan fingerprint density at radius 1 is 0.774 bits per heavy atom. The molecule has 0 unspecified atom stereocenters. The molecular weight excluding hydrogens is 408 g/mol. The molecule has 0 aliphatic heterocycles. The second kappa shape index (κ2) is 7.09. The minimum absolute atomic E-state index is 0.325. The summed E-state index contributed by atoms with van der Waals surface area (Å²) in [6.45, 7) is 0. The summed E-state index contributed by atoms with van der Waals surface area (Å²) in [6, 6.07) is 18.4. The van der Waals surface area contributed by atoms with Crippen LogP contribution in [0.4, 0.5) is 17.6 Å². The Morgan fingerprint density at radius 3 is 2.19 bits per heavy atom. The normalized spacial score (nSPS) is 11.9. The minimum Gasteiger partial charge on any atom is -0.299 e. The van der Waals surface area contributed by atoms with Gasteiger partial charge in [0.1, 0.15) is 12.1 Å². The number of imidazole rings is 1. The molecule has 0 atom stereocenters. The highest BCUT2D eigenvalue weighted by Gasteiger charge is 2.30. The highest BCUT2D eigenvalue weighted by molar-refractivity contribution is 5.83. The molecule has 154 valence electrons. The molecule has 2 aromatic heterocycles. The largest absolute Gasteiger partial charge is 0.416 e. The van der Waals surface area contributed by atoms with Crippen LogP contribution >= 0.6 is 0 Å². The monoisotopic (exact) mass is 422 g/mol. The number of rotatable bonds is 3. The first-order chi connectivity index (χ1) is 14.9. The van der Waals surface area contributed by atoms with Gasteiger partial charge in [0.25, 0.3) is 0 Å². The number of hydrogen-bond acceptors (Lipinski definition) is 2. The van der Waals surface area contributed by atoms with E-state index in [9.17, 15) is 17.6 Å². The van der Waals surface area contributed by atoms with Crippen molar-refractivity contribution >= 4 is 11.0 Å². The highest BCUT2D eigenvalue weighted by Crippen LogP contribution is 2.31. The van der Waals surface area contributed by atoms with Gasteiger partial charge in [0.05, 0.1) is 34.2 Å². The molecule has 0 fully saturated rings. The van der Waals surface area contributed by atoms with Gasteiger partial charge in [0.15, 0.2) is 0 Å². The van der Waals surface area contributed by atoms with Crippen molar-refractivity contribution in [1.29, 1.82) is 0 Å². The fraction of sp³-hybridized carbons (Fsp3) is 0.0435. The topological polar surface area (TPSA) is 35.6 Å². The minimum atomic E-state index is -4.39. The molecule has 0 aliphatic rings. The second-order valence-corrected chi connectivity index (χ2v) is 6.97. The van der Waals surface area contributed by atoms with Crippen molar-refractivity contribution in [3.63, 3.8) is 0 Å². The van der Waals surface area contributed by atoms with Crippen molar-refractivity contribution in [2.75, 3.05) is 0 Å². The van der Waals surface area contributed by atoms with Gasteiger partial charge in [-0.1, -0.05) is 6.07 Å². The first-order valence-corrected chi connectivity index (χ1v) is 9.35. The van der Waals surface area contributed by atoms with Crippen molar-refractivity contribution < 1.29 is 17.6 Å². The number of nitrogens with zero attached hydrogens (tertiary/aromatic N) is 4. The lowest BCUT2D eigenvalue weighted by atomic mass is 10.1. The number of halogens is 4. The number of hydrogen-bond donors (Lipinski definition) is 0. The van der Waals surface area contributed by atoms with E-state index >= 15 is 0 Å². The maximum Gasteiger partial charge on any atom is 0.416 e. The Hall–Kier alpha value is -3.94. The molecule has 2 heterocycles. The van der Waals surface area contributed by atoms with Gasteiger partial charge in [-0.05, 0) is 66.7 Å². The highest BCUT2D eigenvalue weighted by atomic mass is 19.4. The van der Waals surface area contributed by atoms with E-state index in [-0.39, 0.29) is 5.82 Å². The fourth-order valence-corrected chi connectivity index (χ4v) is 3.49. The van der Waals surface area contributed by atoms with Crippen LogP contribution in [0, 0.1) is 5.82 Å². The van der Waals surface area contributed by atoms with Crippen LogP contribution in [-0.2, 0) is 6.18 Å². The van der Waals surface area contributed by atoms with Gasteiger partial charge in [0, 0.05) is 11.3 Å². The summed E-state index contributed by atoms with van der Waals surface area (Å²) in [5.41, 5.74) is 3.66. The average Bonchev–Trinajstić information content (AvgIpc) is 3.41. The van der Waals surface area contributed by atoms with Crippen molar-refractivity contribution in [2.45, 2.75) is 6.18 Å². The van der Waals surface area contributed by atoms with Crippen LogP contribution < -0.4 is 0 Å². The standard InChI is InChI=1S/C23H14F4N4/c24-17-4-8-18(9-5-17)30-14-28-20-10-1-15(13-22(20)30)21-11-12-29-31(21)19-6-2-16(3-7-19)23(25,26)27/h1-14H. The molecular formula is C23H14F4N4. The van der Waals surface area contributed by atoms with E-state index in [1.165, 1.54) is 24.3 Å². The molecule has 0 aliphatic carbocycles. The Labute approximate surface area is 174 Å². The zero-order chi connectivity index (χ0) is 21.6. The fourth-order valence-electron chi connectivity index (χ4n) is 3.49. The van der Waals surface area contributed by atoms with Crippen LogP contribution in [0.1, 0.15) is 5.56 Å². The molecule has 0 spiro atoms. The van der Waals surface area contributed by atoms with E-state index in [0.717, 1.165) is 34.4 Å². The van der Waals surface area contributed by atoms with E-state index in [0.29, 0.717) is 11.4 Å². The quantitative estimate of drug-likeness (QED) is 0.333. The van der Waals surface area contributed by atoms with Gasteiger partial charge in [-0.15, -0.1) is 0 Å². The predicted octanol–water partition coefficient (Wildman–Crippen LogP) is 6.04. The van der Waals surface area contributed by atoms with Crippen LogP contribution in [0.25, 0.3) is 33.7 Å². The molecule has 8 heteroatoms. The third-order valence-electron chi connectivity index (χ3n) is 5.03. The van der Waals surface area contributed by atoms with E-state index < -0.39 is 11.7 Å². The van der Waals surface area contributed by atoms with Crippen LogP contribution in [0.2, 0.25) is 0 Å². The molecule has 3 aromatic carbocycles. The maximum atomic E-state index is 13.3. The molecule has 0 bridgehead atoms. The molecule has 0 saturated heterocycles. The SMILES string of the molecule is Fc1ccc(-n2cnc3ccc(-c4ccnn4-c4ccc(C(F)(F)F)cc4)cc32)cc1. The third kappa shape index (κ3) is 3.46. The molecule has 0 saturated carbocycles. The van der Waals surface area contributed by atoms with Gasteiger partial charge < -0.3 is 0 Å². The van der Waals surface area contributed by atoms with E-state index in [1.54, 1.807) is 35.4 Å². The smallest absolute Gasteiger partial charge is 0.299 e. The van der Waals surface area contributed by atoms with Crippen molar-refractivity contribution in [1.82, 2.24) is 19.3 Å². The second-order valence-electron chi connectivity index (χ2n) is 6.97. The molecule has 5 aromatic rings. The Kier molecular flexibility index (Phi) is 4.35. The molecule has 5 rings (SSSR count). The van der Waals surface area contributed by atoms with Crippen LogP contribution in [0.5, 0.6) is 0 Å². The van der Waals surface area contributed by atoms with Crippen molar-refractivity contribution in [3.05, 3.63) is 96.7 Å². The zero-order valence-electron chi connectivity index (χ0n) is 15.9. The lowest BCUT2D eigenvalue weighted by molar-refractivity contribution is -0.137. The lowest BCUT2D eigenvalue weighted by Gasteiger charge is -2.11. The first-order valence-electron chi connectivity index (χ1n) is 9.35. The summed E-state index contributed by atoms with van der Waals surface area (Å²) in [5.74, 6) is -0.325. The summed E-state index contributed by atoms with van der Waals surface area (Å²) in [6.07, 6.45) is -1.14. The Balaban J connectivity index is 1.57. The van der Waals surface area contributed by atoms with Gasteiger partial charge in [-0.3, -0.25) is 4.57 Å². The molecule has 4 nitrogen and oxygen atoms in total. The summed E-state index contributed by atoms with van der Waals surface area (Å²) < 4.78 is 55.3. The number of alkyl halides is 3. The average molecular weight is 422 g/mol. The summed E-state index contributed by atoms with van der Waals surface area (Å²) in [4.78, 5) is 4.39. The summed E-state index contributed by atoms with van der Waals surface area (Å²) >= 11 is 0. The maximum absolute atomic E-state index is 13.3. The van der Waals surface area contributed by atoms with Gasteiger partial charge in [-0.25, -0.2) is 14.1 Å². The van der Waals surface area contributed by atoms with Gasteiger partial charge in [-0.2, -0.15) is 18.3 Å². The van der Waals surface area contributed by atoms with E-state index in [1.807, 2.05) is 22.8 Å². The van der Waals surface area contributed by atoms with E-state index in [4.69, 9.17) is 0 Å². The van der Waals surface area contributed by atoms with Crippen molar-refractivity contribution in [2.24, 2.45) is 0 Å². The zero-order valence-corrected chi connectivity index (χ0v) is 15.9. The predicted molar refractivity (Wildman–Crippen MR) is 109 cm³/mol. The van der Waals surface area contributed by atoms with Crippen molar-refractivity contribution in [3.8, 4) is 22.6 Å². The molecule has 0 amide bonds. The number of fused-ring (bicyclic) bond motifs is 1. The van der Waals surface area contributed by atoms with Gasteiger partial charge in [0.2, 0.25) is 0 Å².